The largest absolute Gasteiger partial charge is 0.396 e. The molecule has 1 saturated heterocycles. The first-order valence-electron chi connectivity index (χ1n) is 7.78. The maximum absolute atomic E-state index is 8.78. The van der Waals surface area contributed by atoms with Gasteiger partial charge in [-0.25, -0.2) is 0 Å². The van der Waals surface area contributed by atoms with Gasteiger partial charge in [-0.05, 0) is 44.4 Å². The Morgan fingerprint density at radius 1 is 1.20 bits per heavy atom. The molecule has 0 radical (unpaired) electrons. The van der Waals surface area contributed by atoms with E-state index in [1.165, 1.54) is 18.5 Å². The highest BCUT2D eigenvalue weighted by Gasteiger charge is 2.21. The average molecular weight is 277 g/mol. The highest BCUT2D eigenvalue weighted by molar-refractivity contribution is 5.13. The maximum Gasteiger partial charge on any atom is 0.0431 e. The van der Waals surface area contributed by atoms with Crippen LogP contribution in [0.25, 0.3) is 0 Å². The van der Waals surface area contributed by atoms with Crippen LogP contribution in [0.15, 0.2) is 24.5 Å². The summed E-state index contributed by atoms with van der Waals surface area (Å²) in [7, 11) is 0. The quantitative estimate of drug-likeness (QED) is 0.773. The summed E-state index contributed by atoms with van der Waals surface area (Å²) in [5.41, 5.74) is 1.31. The van der Waals surface area contributed by atoms with Gasteiger partial charge in [0.15, 0.2) is 0 Å². The van der Waals surface area contributed by atoms with Crippen molar-refractivity contribution in [3.63, 3.8) is 0 Å². The van der Waals surface area contributed by atoms with Gasteiger partial charge in [-0.15, -0.1) is 0 Å². The maximum atomic E-state index is 8.78. The van der Waals surface area contributed by atoms with Crippen LogP contribution in [0.4, 0.5) is 0 Å². The lowest BCUT2D eigenvalue weighted by Gasteiger charge is -2.38. The van der Waals surface area contributed by atoms with E-state index in [0.717, 1.165) is 39.0 Å². The number of aromatic nitrogens is 1. The molecule has 1 aliphatic heterocycles. The van der Waals surface area contributed by atoms with Crippen molar-refractivity contribution in [2.75, 3.05) is 39.3 Å². The normalized spacial score (nSPS) is 19.1. The van der Waals surface area contributed by atoms with Gasteiger partial charge >= 0.3 is 0 Å². The fourth-order valence-corrected chi connectivity index (χ4v) is 2.83. The second kappa shape index (κ2) is 8.35. The highest BCUT2D eigenvalue weighted by Crippen LogP contribution is 2.20. The number of hydrogen-bond donors (Lipinski definition) is 1. The number of nitrogens with zero attached hydrogens (tertiary/aromatic N) is 3. The molecule has 1 fully saturated rings. The summed E-state index contributed by atoms with van der Waals surface area (Å²) in [5, 5.41) is 8.78. The van der Waals surface area contributed by atoms with Crippen LogP contribution in [-0.4, -0.2) is 59.2 Å². The summed E-state index contributed by atoms with van der Waals surface area (Å²) >= 11 is 0. The fraction of sp³-hybridized carbons (Fsp3) is 0.688. The first-order chi connectivity index (χ1) is 9.81. The third-order valence-corrected chi connectivity index (χ3v) is 4.25. The van der Waals surface area contributed by atoms with E-state index in [0.29, 0.717) is 12.6 Å². The molecule has 2 rings (SSSR count). The van der Waals surface area contributed by atoms with Crippen LogP contribution in [0.2, 0.25) is 0 Å². The molecular weight excluding hydrogens is 250 g/mol. The SMILES string of the molecule is C[C@@H](c1cccnc1)N1CCN(CCCCCO)CC1. The first-order valence-corrected chi connectivity index (χ1v) is 7.78. The van der Waals surface area contributed by atoms with Crippen molar-refractivity contribution < 1.29 is 5.11 Å². The van der Waals surface area contributed by atoms with Crippen LogP contribution in [0.1, 0.15) is 37.8 Å². The highest BCUT2D eigenvalue weighted by atomic mass is 16.2. The fourth-order valence-electron chi connectivity index (χ4n) is 2.83. The monoisotopic (exact) mass is 277 g/mol. The van der Waals surface area contributed by atoms with Crippen LogP contribution in [0.3, 0.4) is 0 Å². The molecule has 0 spiro atoms. The zero-order valence-corrected chi connectivity index (χ0v) is 12.5. The molecule has 1 aliphatic rings. The van der Waals surface area contributed by atoms with E-state index in [1.54, 1.807) is 0 Å². The standard InChI is InChI=1S/C16H27N3O/c1-15(16-6-5-7-17-14-16)19-11-9-18(10-12-19)8-3-2-4-13-20/h5-7,14-15,20H,2-4,8-13H2,1H3/t15-/m0/s1. The molecule has 20 heavy (non-hydrogen) atoms. The van der Waals surface area contributed by atoms with Crippen LogP contribution in [0, 0.1) is 0 Å². The number of piperazine rings is 1. The number of unbranched alkanes of at least 4 members (excludes halogenated alkanes) is 2. The number of aliphatic hydroxyl groups excluding tert-OH is 1. The van der Waals surface area contributed by atoms with Crippen molar-refractivity contribution in [1.29, 1.82) is 0 Å². The topological polar surface area (TPSA) is 39.6 Å². The van der Waals surface area contributed by atoms with E-state index in [4.69, 9.17) is 5.11 Å². The molecule has 0 aliphatic carbocycles. The molecule has 4 heteroatoms. The second-order valence-corrected chi connectivity index (χ2v) is 5.62. The third-order valence-electron chi connectivity index (χ3n) is 4.25. The molecule has 0 aromatic carbocycles. The van der Waals surface area contributed by atoms with Crippen molar-refractivity contribution in [1.82, 2.24) is 14.8 Å². The van der Waals surface area contributed by atoms with E-state index in [2.05, 4.69) is 27.8 Å². The molecule has 2 heterocycles. The number of hydrogen-bond acceptors (Lipinski definition) is 4. The van der Waals surface area contributed by atoms with Crippen molar-refractivity contribution >= 4 is 0 Å². The summed E-state index contributed by atoms with van der Waals surface area (Å²) in [4.78, 5) is 9.30. The Kier molecular flexibility index (Phi) is 6.43. The van der Waals surface area contributed by atoms with Gasteiger partial charge in [-0.2, -0.15) is 0 Å². The molecule has 0 amide bonds. The minimum atomic E-state index is 0.330. The van der Waals surface area contributed by atoms with Gasteiger partial charge in [0.05, 0.1) is 0 Å². The van der Waals surface area contributed by atoms with Gasteiger partial charge < -0.3 is 10.0 Å². The Morgan fingerprint density at radius 2 is 2.00 bits per heavy atom. The van der Waals surface area contributed by atoms with Gasteiger partial charge in [0, 0.05) is 51.2 Å². The zero-order chi connectivity index (χ0) is 14.2. The lowest BCUT2D eigenvalue weighted by Crippen LogP contribution is -2.47. The summed E-state index contributed by atoms with van der Waals surface area (Å²) in [6.45, 7) is 8.36. The van der Waals surface area contributed by atoms with Gasteiger partial charge in [-0.1, -0.05) is 6.07 Å². The van der Waals surface area contributed by atoms with Gasteiger partial charge in [0.2, 0.25) is 0 Å². The molecule has 0 saturated carbocycles. The molecule has 1 atom stereocenters. The van der Waals surface area contributed by atoms with E-state index >= 15 is 0 Å². The van der Waals surface area contributed by atoms with Crippen molar-refractivity contribution in [2.24, 2.45) is 0 Å². The molecule has 1 N–H and O–H groups in total. The molecule has 4 nitrogen and oxygen atoms in total. The summed E-state index contributed by atoms with van der Waals surface area (Å²) in [5.74, 6) is 0. The molecule has 112 valence electrons. The Labute approximate surface area is 122 Å². The summed E-state index contributed by atoms with van der Waals surface area (Å²) < 4.78 is 0. The minimum absolute atomic E-state index is 0.330. The molecule has 0 unspecified atom stereocenters. The van der Waals surface area contributed by atoms with Crippen molar-refractivity contribution in [2.45, 2.75) is 32.2 Å². The number of pyridine rings is 1. The summed E-state index contributed by atoms with van der Waals surface area (Å²) in [6, 6.07) is 4.64. The molecule has 0 bridgehead atoms. The molecule has 1 aromatic rings. The second-order valence-electron chi connectivity index (χ2n) is 5.62. The van der Waals surface area contributed by atoms with E-state index < -0.39 is 0 Å². The lowest BCUT2D eigenvalue weighted by atomic mass is 10.1. The van der Waals surface area contributed by atoms with Crippen LogP contribution in [0.5, 0.6) is 0 Å². The number of aliphatic hydroxyl groups is 1. The number of rotatable bonds is 7. The van der Waals surface area contributed by atoms with E-state index in [-0.39, 0.29) is 0 Å². The van der Waals surface area contributed by atoms with Crippen molar-refractivity contribution in [3.8, 4) is 0 Å². The Morgan fingerprint density at radius 3 is 2.65 bits per heavy atom. The predicted molar refractivity (Wildman–Crippen MR) is 81.6 cm³/mol. The van der Waals surface area contributed by atoms with Gasteiger partial charge in [-0.3, -0.25) is 9.88 Å². The van der Waals surface area contributed by atoms with Crippen LogP contribution < -0.4 is 0 Å². The molecular formula is C16H27N3O. The third kappa shape index (κ3) is 4.54. The molecule has 1 aromatic heterocycles. The zero-order valence-electron chi connectivity index (χ0n) is 12.5. The van der Waals surface area contributed by atoms with Crippen LogP contribution >= 0.6 is 0 Å². The minimum Gasteiger partial charge on any atom is -0.396 e. The Balaban J connectivity index is 1.71. The Hall–Kier alpha value is -0.970. The summed E-state index contributed by atoms with van der Waals surface area (Å²) in [6.07, 6.45) is 7.10. The van der Waals surface area contributed by atoms with Crippen LogP contribution in [-0.2, 0) is 0 Å². The van der Waals surface area contributed by atoms with E-state index in [9.17, 15) is 0 Å². The predicted octanol–water partition coefficient (Wildman–Crippen LogP) is 1.92. The van der Waals surface area contributed by atoms with Gasteiger partial charge in [0.25, 0.3) is 0 Å². The Bertz CT molecular complexity index is 363. The first kappa shape index (κ1) is 15.4. The average Bonchev–Trinajstić information content (AvgIpc) is 2.52. The van der Waals surface area contributed by atoms with Crippen molar-refractivity contribution in [3.05, 3.63) is 30.1 Å². The lowest BCUT2D eigenvalue weighted by molar-refractivity contribution is 0.101. The smallest absolute Gasteiger partial charge is 0.0431 e. The van der Waals surface area contributed by atoms with E-state index in [1.807, 2.05) is 18.5 Å². The van der Waals surface area contributed by atoms with Gasteiger partial charge in [0.1, 0.15) is 0 Å².